The number of hydrogen-bond donors (Lipinski definition) is 2. The lowest BCUT2D eigenvalue weighted by Gasteiger charge is -2.12. The fourth-order valence-corrected chi connectivity index (χ4v) is 3.22. The molecule has 0 spiro atoms. The first-order valence-corrected chi connectivity index (χ1v) is 6.23. The summed E-state index contributed by atoms with van der Waals surface area (Å²) in [5.74, 6) is 0. The lowest BCUT2D eigenvalue weighted by molar-refractivity contribution is 0.198. The predicted molar refractivity (Wildman–Crippen MR) is 50.9 cm³/mol. The molecule has 4 nitrogen and oxygen atoms in total. The Morgan fingerprint density at radius 2 is 2.00 bits per heavy atom. The van der Waals surface area contributed by atoms with E-state index in [1.807, 2.05) is 0 Å². The normalized spacial score (nSPS) is 22.0. The van der Waals surface area contributed by atoms with Gasteiger partial charge in [-0.25, -0.2) is 13.1 Å². The van der Waals surface area contributed by atoms with Crippen molar-refractivity contribution in [1.82, 2.24) is 4.72 Å². The number of aliphatic hydroxyl groups excluding tert-OH is 1. The Hall–Kier alpha value is -0.130. The summed E-state index contributed by atoms with van der Waals surface area (Å²) in [7, 11) is -3.17. The van der Waals surface area contributed by atoms with Crippen LogP contribution in [0.1, 0.15) is 32.6 Å². The van der Waals surface area contributed by atoms with E-state index in [9.17, 15) is 8.42 Å². The van der Waals surface area contributed by atoms with Gasteiger partial charge in [0.25, 0.3) is 0 Å². The molecular weight excluding hydrogens is 190 g/mol. The molecule has 1 atom stereocenters. The maximum Gasteiger partial charge on any atom is 0.214 e. The van der Waals surface area contributed by atoms with E-state index in [-0.39, 0.29) is 11.8 Å². The second-order valence-electron chi connectivity index (χ2n) is 3.65. The topological polar surface area (TPSA) is 66.4 Å². The number of rotatable bonds is 4. The van der Waals surface area contributed by atoms with Gasteiger partial charge < -0.3 is 5.11 Å². The van der Waals surface area contributed by atoms with Crippen LogP contribution in [0, 0.1) is 0 Å². The molecule has 1 aliphatic rings. The molecule has 0 aromatic carbocycles. The Bertz CT molecular complexity index is 242. The molecule has 13 heavy (non-hydrogen) atoms. The molecule has 0 amide bonds. The molecule has 0 saturated heterocycles. The second-order valence-corrected chi connectivity index (χ2v) is 5.69. The first-order valence-electron chi connectivity index (χ1n) is 4.69. The number of nitrogens with one attached hydrogen (secondary N) is 1. The van der Waals surface area contributed by atoms with E-state index >= 15 is 0 Å². The predicted octanol–water partition coefficient (Wildman–Crippen LogP) is 0.229. The van der Waals surface area contributed by atoms with Crippen molar-refractivity contribution in [2.24, 2.45) is 0 Å². The molecule has 0 aromatic rings. The number of sulfonamides is 1. The third kappa shape index (κ3) is 3.25. The molecule has 1 rings (SSSR count). The van der Waals surface area contributed by atoms with Gasteiger partial charge in [0.2, 0.25) is 10.0 Å². The van der Waals surface area contributed by atoms with Crippen LogP contribution in [0.15, 0.2) is 0 Å². The van der Waals surface area contributed by atoms with E-state index in [1.165, 1.54) is 0 Å². The highest BCUT2D eigenvalue weighted by atomic mass is 32.2. The fourth-order valence-electron chi connectivity index (χ4n) is 1.55. The van der Waals surface area contributed by atoms with E-state index in [2.05, 4.69) is 4.72 Å². The van der Waals surface area contributed by atoms with E-state index in [0.717, 1.165) is 25.7 Å². The summed E-state index contributed by atoms with van der Waals surface area (Å²) in [6.45, 7) is 1.69. The van der Waals surface area contributed by atoms with Gasteiger partial charge in [0.15, 0.2) is 0 Å². The van der Waals surface area contributed by atoms with Crippen LogP contribution in [-0.4, -0.2) is 31.4 Å². The standard InChI is InChI=1S/C8H17NO3S/c1-7(10)6-9-13(11,12)8-4-2-3-5-8/h7-10H,2-6H2,1H3/t7-/m1/s1. The summed E-state index contributed by atoms with van der Waals surface area (Å²) < 4.78 is 25.5. The first kappa shape index (κ1) is 10.9. The molecule has 0 heterocycles. The largest absolute Gasteiger partial charge is 0.392 e. The highest BCUT2D eigenvalue weighted by Crippen LogP contribution is 2.23. The smallest absolute Gasteiger partial charge is 0.214 e. The van der Waals surface area contributed by atoms with Gasteiger partial charge in [-0.05, 0) is 19.8 Å². The average molecular weight is 207 g/mol. The summed E-state index contributed by atoms with van der Waals surface area (Å²) in [6, 6.07) is 0. The first-order chi connectivity index (χ1) is 6.02. The van der Waals surface area contributed by atoms with Gasteiger partial charge in [-0.1, -0.05) is 12.8 Å². The molecule has 0 aliphatic heterocycles. The summed E-state index contributed by atoms with van der Waals surface area (Å²) in [4.78, 5) is 0. The zero-order valence-electron chi connectivity index (χ0n) is 7.86. The Labute approximate surface area is 79.4 Å². The lowest BCUT2D eigenvalue weighted by atomic mass is 10.4. The minimum Gasteiger partial charge on any atom is -0.392 e. The van der Waals surface area contributed by atoms with Crippen molar-refractivity contribution in [2.75, 3.05) is 6.54 Å². The molecule has 1 aliphatic carbocycles. The van der Waals surface area contributed by atoms with Gasteiger partial charge >= 0.3 is 0 Å². The van der Waals surface area contributed by atoms with E-state index in [0.29, 0.717) is 0 Å². The van der Waals surface area contributed by atoms with E-state index in [4.69, 9.17) is 5.11 Å². The molecule has 1 saturated carbocycles. The van der Waals surface area contributed by atoms with Crippen LogP contribution in [0.25, 0.3) is 0 Å². The molecule has 0 aromatic heterocycles. The maximum atomic E-state index is 11.5. The molecular formula is C8H17NO3S. The lowest BCUT2D eigenvalue weighted by Crippen LogP contribution is -2.36. The van der Waals surface area contributed by atoms with Crippen molar-refractivity contribution in [2.45, 2.75) is 44.0 Å². The minimum absolute atomic E-state index is 0.124. The highest BCUT2D eigenvalue weighted by Gasteiger charge is 2.28. The molecule has 0 bridgehead atoms. The summed E-state index contributed by atoms with van der Waals surface area (Å²) in [5, 5.41) is 8.70. The third-order valence-electron chi connectivity index (χ3n) is 2.32. The van der Waals surface area contributed by atoms with Gasteiger partial charge in [-0.3, -0.25) is 0 Å². The second kappa shape index (κ2) is 4.39. The zero-order chi connectivity index (χ0) is 9.90. The van der Waals surface area contributed by atoms with Crippen LogP contribution in [-0.2, 0) is 10.0 Å². The van der Waals surface area contributed by atoms with Crippen LogP contribution < -0.4 is 4.72 Å². The van der Waals surface area contributed by atoms with Gasteiger partial charge in [0.05, 0.1) is 11.4 Å². The van der Waals surface area contributed by atoms with E-state index in [1.54, 1.807) is 6.92 Å². The Morgan fingerprint density at radius 3 is 2.46 bits per heavy atom. The molecule has 2 N–H and O–H groups in total. The van der Waals surface area contributed by atoms with Crippen molar-refractivity contribution in [3.63, 3.8) is 0 Å². The Kier molecular flexibility index (Phi) is 3.70. The van der Waals surface area contributed by atoms with Crippen molar-refractivity contribution >= 4 is 10.0 Å². The summed E-state index contributed by atoms with van der Waals surface area (Å²) >= 11 is 0. The van der Waals surface area contributed by atoms with Crippen LogP contribution in [0.5, 0.6) is 0 Å². The van der Waals surface area contributed by atoms with Crippen LogP contribution in [0.4, 0.5) is 0 Å². The van der Waals surface area contributed by atoms with Crippen LogP contribution in [0.3, 0.4) is 0 Å². The van der Waals surface area contributed by atoms with Crippen molar-refractivity contribution in [3.05, 3.63) is 0 Å². The van der Waals surface area contributed by atoms with Gasteiger partial charge in [-0.2, -0.15) is 0 Å². The molecule has 1 fully saturated rings. The molecule has 0 radical (unpaired) electrons. The molecule has 0 unspecified atom stereocenters. The zero-order valence-corrected chi connectivity index (χ0v) is 8.68. The minimum atomic E-state index is -3.17. The number of hydrogen-bond acceptors (Lipinski definition) is 3. The fraction of sp³-hybridized carbons (Fsp3) is 1.00. The summed E-state index contributed by atoms with van der Waals surface area (Å²) in [6.07, 6.45) is 2.90. The van der Waals surface area contributed by atoms with Gasteiger partial charge in [0, 0.05) is 6.54 Å². The van der Waals surface area contributed by atoms with Crippen LogP contribution >= 0.6 is 0 Å². The van der Waals surface area contributed by atoms with Crippen molar-refractivity contribution in [1.29, 1.82) is 0 Å². The van der Waals surface area contributed by atoms with Crippen molar-refractivity contribution in [3.8, 4) is 0 Å². The third-order valence-corrected chi connectivity index (χ3v) is 4.24. The van der Waals surface area contributed by atoms with E-state index < -0.39 is 16.1 Å². The Balaban J connectivity index is 2.45. The number of aliphatic hydroxyl groups is 1. The maximum absolute atomic E-state index is 11.5. The Morgan fingerprint density at radius 1 is 1.46 bits per heavy atom. The highest BCUT2D eigenvalue weighted by molar-refractivity contribution is 7.90. The quantitative estimate of drug-likeness (QED) is 0.693. The SMILES string of the molecule is C[C@@H](O)CNS(=O)(=O)C1CCCC1. The van der Waals surface area contributed by atoms with Gasteiger partial charge in [0.1, 0.15) is 0 Å². The molecule has 5 heteroatoms. The van der Waals surface area contributed by atoms with Crippen LogP contribution in [0.2, 0.25) is 0 Å². The van der Waals surface area contributed by atoms with Crippen molar-refractivity contribution < 1.29 is 13.5 Å². The summed E-state index contributed by atoms with van der Waals surface area (Å²) in [5.41, 5.74) is 0. The average Bonchev–Trinajstić information content (AvgIpc) is 2.53. The van der Waals surface area contributed by atoms with Gasteiger partial charge in [-0.15, -0.1) is 0 Å². The molecule has 78 valence electrons. The monoisotopic (exact) mass is 207 g/mol.